The lowest BCUT2D eigenvalue weighted by molar-refractivity contribution is -0.146. The normalized spacial score (nSPS) is 22.3. The summed E-state index contributed by atoms with van der Waals surface area (Å²) in [6, 6.07) is 3.22. The zero-order valence-corrected chi connectivity index (χ0v) is 12.9. The van der Waals surface area contributed by atoms with E-state index in [9.17, 15) is 23.5 Å². The maximum Gasteiger partial charge on any atom is 0.330 e. The molecule has 120 valence electrons. The van der Waals surface area contributed by atoms with Gasteiger partial charge in [-0.1, -0.05) is 13.0 Å². The maximum atomic E-state index is 13.7. The van der Waals surface area contributed by atoms with Crippen molar-refractivity contribution >= 4 is 23.6 Å². The number of thioether (sulfide) groups is 1. The van der Waals surface area contributed by atoms with E-state index in [4.69, 9.17) is 0 Å². The molecule has 1 aromatic rings. The fourth-order valence-corrected chi connectivity index (χ4v) is 3.82. The topological polar surface area (TPSA) is 66.4 Å². The third kappa shape index (κ3) is 3.58. The second-order valence-electron chi connectivity index (χ2n) is 5.51. The van der Waals surface area contributed by atoms with Gasteiger partial charge < -0.3 is 10.4 Å². The average Bonchev–Trinajstić information content (AvgIpc) is 2.88. The number of amides is 1. The Morgan fingerprint density at radius 2 is 2.18 bits per heavy atom. The van der Waals surface area contributed by atoms with E-state index in [0.717, 1.165) is 12.1 Å². The molecule has 0 saturated carbocycles. The number of hydrogen-bond acceptors (Lipinski definition) is 3. The van der Waals surface area contributed by atoms with Crippen molar-refractivity contribution in [2.75, 3.05) is 11.5 Å². The van der Waals surface area contributed by atoms with E-state index in [1.54, 1.807) is 6.92 Å². The molecule has 1 aliphatic rings. The molecular formula is C15H17F2NO3S. The van der Waals surface area contributed by atoms with Gasteiger partial charge in [-0.3, -0.25) is 4.79 Å². The highest BCUT2D eigenvalue weighted by molar-refractivity contribution is 7.99. The van der Waals surface area contributed by atoms with Gasteiger partial charge >= 0.3 is 5.97 Å². The molecule has 2 rings (SSSR count). The number of carboxylic acid groups (broad SMARTS) is 1. The maximum absolute atomic E-state index is 13.7. The Bertz CT molecular complexity index is 588. The van der Waals surface area contributed by atoms with Crippen molar-refractivity contribution in [2.24, 2.45) is 0 Å². The third-order valence-electron chi connectivity index (χ3n) is 3.79. The van der Waals surface area contributed by atoms with Crippen LogP contribution in [0.1, 0.15) is 31.2 Å². The van der Waals surface area contributed by atoms with Crippen LogP contribution in [-0.4, -0.2) is 34.0 Å². The number of aliphatic carboxylic acids is 1. The van der Waals surface area contributed by atoms with Crippen LogP contribution >= 0.6 is 11.8 Å². The second kappa shape index (κ2) is 6.64. The first kappa shape index (κ1) is 16.7. The summed E-state index contributed by atoms with van der Waals surface area (Å²) in [6.45, 7) is 1.65. The molecular weight excluding hydrogens is 312 g/mol. The lowest BCUT2D eigenvalue weighted by atomic mass is 9.94. The van der Waals surface area contributed by atoms with E-state index >= 15 is 0 Å². The standard InChI is InChI=1S/C15H17F2NO3S/c1-9(11-3-2-10(16)7-12(11)17)6-13(19)18-15(14(20)21)4-5-22-8-15/h2-3,7,9H,4-6,8H2,1H3,(H,18,19)(H,20,21). The van der Waals surface area contributed by atoms with Gasteiger partial charge in [0.1, 0.15) is 17.2 Å². The number of benzene rings is 1. The first-order chi connectivity index (χ1) is 10.3. The molecule has 1 amide bonds. The fourth-order valence-electron chi connectivity index (χ4n) is 2.49. The van der Waals surface area contributed by atoms with Gasteiger partial charge in [-0.05, 0) is 29.7 Å². The Kier molecular flexibility index (Phi) is 5.05. The van der Waals surface area contributed by atoms with Crippen molar-refractivity contribution in [1.82, 2.24) is 5.32 Å². The molecule has 1 aliphatic heterocycles. The quantitative estimate of drug-likeness (QED) is 0.871. The van der Waals surface area contributed by atoms with Gasteiger partial charge in [-0.2, -0.15) is 11.8 Å². The van der Waals surface area contributed by atoms with Crippen molar-refractivity contribution < 1.29 is 23.5 Å². The smallest absolute Gasteiger partial charge is 0.330 e. The van der Waals surface area contributed by atoms with E-state index in [2.05, 4.69) is 5.32 Å². The lowest BCUT2D eigenvalue weighted by Crippen LogP contribution is -2.54. The van der Waals surface area contributed by atoms with Crippen LogP contribution in [0.3, 0.4) is 0 Å². The minimum Gasteiger partial charge on any atom is -0.479 e. The predicted octanol–water partition coefficient (Wildman–Crippen LogP) is 2.53. The van der Waals surface area contributed by atoms with Gasteiger partial charge in [0.2, 0.25) is 5.91 Å². The number of rotatable bonds is 5. The zero-order valence-electron chi connectivity index (χ0n) is 12.1. The Morgan fingerprint density at radius 3 is 2.73 bits per heavy atom. The highest BCUT2D eigenvalue weighted by Crippen LogP contribution is 2.29. The predicted molar refractivity (Wildman–Crippen MR) is 79.8 cm³/mol. The molecule has 0 spiro atoms. The Hall–Kier alpha value is -1.63. The molecule has 1 saturated heterocycles. The average molecular weight is 329 g/mol. The third-order valence-corrected chi connectivity index (χ3v) is 4.98. The number of nitrogens with one attached hydrogen (secondary N) is 1. The summed E-state index contributed by atoms with van der Waals surface area (Å²) in [5, 5.41) is 11.9. The van der Waals surface area contributed by atoms with E-state index in [-0.39, 0.29) is 12.0 Å². The molecule has 1 aromatic carbocycles. The number of hydrogen-bond donors (Lipinski definition) is 2. The van der Waals surface area contributed by atoms with Gasteiger partial charge in [0, 0.05) is 18.2 Å². The van der Waals surface area contributed by atoms with Crippen LogP contribution in [0.4, 0.5) is 8.78 Å². The second-order valence-corrected chi connectivity index (χ2v) is 6.61. The summed E-state index contributed by atoms with van der Waals surface area (Å²) in [5.41, 5.74) is -0.996. The number of carboxylic acids is 1. The highest BCUT2D eigenvalue weighted by atomic mass is 32.2. The molecule has 2 atom stereocenters. The number of halogens is 2. The molecule has 2 N–H and O–H groups in total. The van der Waals surface area contributed by atoms with Crippen molar-refractivity contribution in [2.45, 2.75) is 31.2 Å². The number of carbonyl (C=O) groups is 2. The summed E-state index contributed by atoms with van der Waals surface area (Å²) >= 11 is 1.47. The van der Waals surface area contributed by atoms with Gasteiger partial charge in [0.15, 0.2) is 0 Å². The Morgan fingerprint density at radius 1 is 1.45 bits per heavy atom. The molecule has 2 unspecified atom stereocenters. The van der Waals surface area contributed by atoms with E-state index in [1.807, 2.05) is 0 Å². The van der Waals surface area contributed by atoms with Gasteiger partial charge in [0.05, 0.1) is 0 Å². The Balaban J connectivity index is 2.03. The fraction of sp³-hybridized carbons (Fsp3) is 0.467. The van der Waals surface area contributed by atoms with Crippen LogP contribution in [0.5, 0.6) is 0 Å². The minimum absolute atomic E-state index is 0.0533. The molecule has 0 radical (unpaired) electrons. The summed E-state index contributed by atoms with van der Waals surface area (Å²) in [6.07, 6.45) is 0.320. The molecule has 0 aromatic heterocycles. The lowest BCUT2D eigenvalue weighted by Gasteiger charge is -2.25. The van der Waals surface area contributed by atoms with Crippen molar-refractivity contribution in [3.8, 4) is 0 Å². The van der Waals surface area contributed by atoms with Crippen LogP contribution in [0.25, 0.3) is 0 Å². The molecule has 1 fully saturated rings. The van der Waals surface area contributed by atoms with Crippen molar-refractivity contribution in [1.29, 1.82) is 0 Å². The first-order valence-electron chi connectivity index (χ1n) is 6.91. The summed E-state index contributed by atoms with van der Waals surface area (Å²) in [4.78, 5) is 23.5. The van der Waals surface area contributed by atoms with Crippen molar-refractivity contribution in [3.05, 3.63) is 35.4 Å². The molecule has 22 heavy (non-hydrogen) atoms. The molecule has 7 heteroatoms. The largest absolute Gasteiger partial charge is 0.479 e. The van der Waals surface area contributed by atoms with Gasteiger partial charge in [-0.15, -0.1) is 0 Å². The van der Waals surface area contributed by atoms with Crippen LogP contribution in [-0.2, 0) is 9.59 Å². The van der Waals surface area contributed by atoms with Gasteiger partial charge in [-0.25, -0.2) is 13.6 Å². The van der Waals surface area contributed by atoms with E-state index in [0.29, 0.717) is 17.9 Å². The summed E-state index contributed by atoms with van der Waals surface area (Å²) in [5.74, 6) is -2.34. The highest BCUT2D eigenvalue weighted by Gasteiger charge is 2.43. The zero-order chi connectivity index (χ0) is 16.3. The van der Waals surface area contributed by atoms with Crippen LogP contribution < -0.4 is 5.32 Å². The monoisotopic (exact) mass is 329 g/mol. The Labute approximate surface area is 131 Å². The molecule has 0 bridgehead atoms. The molecule has 4 nitrogen and oxygen atoms in total. The van der Waals surface area contributed by atoms with E-state index in [1.165, 1.54) is 17.8 Å². The minimum atomic E-state index is -1.23. The summed E-state index contributed by atoms with van der Waals surface area (Å²) < 4.78 is 26.6. The van der Waals surface area contributed by atoms with Crippen molar-refractivity contribution in [3.63, 3.8) is 0 Å². The van der Waals surface area contributed by atoms with Crippen LogP contribution in [0.15, 0.2) is 18.2 Å². The molecule has 1 heterocycles. The first-order valence-corrected chi connectivity index (χ1v) is 8.06. The number of carbonyl (C=O) groups excluding carboxylic acids is 1. The molecule has 0 aliphatic carbocycles. The van der Waals surface area contributed by atoms with Crippen LogP contribution in [0, 0.1) is 11.6 Å². The van der Waals surface area contributed by atoms with Crippen LogP contribution in [0.2, 0.25) is 0 Å². The van der Waals surface area contributed by atoms with Gasteiger partial charge in [0.25, 0.3) is 0 Å². The SMILES string of the molecule is CC(CC(=O)NC1(C(=O)O)CCSC1)c1ccc(F)cc1F. The van der Waals surface area contributed by atoms with E-state index < -0.39 is 35.0 Å². The summed E-state index contributed by atoms with van der Waals surface area (Å²) in [7, 11) is 0.